The molecule has 4 nitrogen and oxygen atoms in total. The van der Waals surface area contributed by atoms with Crippen molar-refractivity contribution in [3.05, 3.63) is 0 Å². The predicted octanol–water partition coefficient (Wildman–Crippen LogP) is -0.964. The summed E-state index contributed by atoms with van der Waals surface area (Å²) in [5.74, 6) is 0. The van der Waals surface area contributed by atoms with Gasteiger partial charge in [0.25, 0.3) is 0 Å². The van der Waals surface area contributed by atoms with Crippen molar-refractivity contribution in [1.82, 2.24) is 0 Å². The van der Waals surface area contributed by atoms with Gasteiger partial charge >= 0.3 is 51.4 Å². The molecule has 2 unspecified atom stereocenters. The molecule has 0 heterocycles. The molecule has 0 aromatic heterocycles. The zero-order chi connectivity index (χ0) is 12.6. The topological polar surface area (TPSA) is 77.4 Å². The van der Waals surface area contributed by atoms with E-state index in [1.807, 2.05) is 6.92 Å². The van der Waals surface area contributed by atoms with E-state index in [2.05, 4.69) is 0 Å². The zero-order valence-electron chi connectivity index (χ0n) is 11.2. The normalized spacial score (nSPS) is 15.1. The Bertz CT molecular complexity index is 267. The molecule has 0 amide bonds. The quantitative estimate of drug-likeness (QED) is 0.337. The van der Waals surface area contributed by atoms with Gasteiger partial charge in [0.15, 0.2) is 0 Å². The van der Waals surface area contributed by atoms with E-state index >= 15 is 0 Å². The van der Waals surface area contributed by atoms with Crippen LogP contribution in [-0.2, 0) is 10.1 Å². The Kier molecular flexibility index (Phi) is 13.9. The van der Waals surface area contributed by atoms with Crippen molar-refractivity contribution in [3.8, 4) is 0 Å². The summed E-state index contributed by atoms with van der Waals surface area (Å²) in [4.78, 5) is 0. The SMILES string of the molecule is CCCC(O)CCCCCC(C)S(=O)(=O)[O-].[K+]. The third kappa shape index (κ3) is 12.3. The van der Waals surface area contributed by atoms with Crippen LogP contribution in [0.3, 0.4) is 0 Å². The van der Waals surface area contributed by atoms with Crippen LogP contribution in [-0.4, -0.2) is 29.4 Å². The van der Waals surface area contributed by atoms with Gasteiger partial charge in [-0.1, -0.05) is 32.6 Å². The van der Waals surface area contributed by atoms with Crippen LogP contribution in [0.1, 0.15) is 58.8 Å². The van der Waals surface area contributed by atoms with Gasteiger partial charge in [-0.3, -0.25) is 0 Å². The second kappa shape index (κ2) is 11.3. The average molecular weight is 290 g/mol. The summed E-state index contributed by atoms with van der Waals surface area (Å²) in [7, 11) is -4.11. The molecule has 0 saturated carbocycles. The maximum Gasteiger partial charge on any atom is 1.00 e. The summed E-state index contributed by atoms with van der Waals surface area (Å²) >= 11 is 0. The molecule has 0 aliphatic rings. The molecule has 0 aliphatic carbocycles. The van der Waals surface area contributed by atoms with Crippen LogP contribution in [0, 0.1) is 0 Å². The summed E-state index contributed by atoms with van der Waals surface area (Å²) < 4.78 is 31.8. The third-order valence-corrected chi connectivity index (χ3v) is 3.98. The average Bonchev–Trinajstić information content (AvgIpc) is 2.16. The molecule has 0 rings (SSSR count). The van der Waals surface area contributed by atoms with Crippen molar-refractivity contribution in [2.45, 2.75) is 70.1 Å². The summed E-state index contributed by atoms with van der Waals surface area (Å²) in [6.07, 6.45) is 5.28. The molecule has 1 N–H and O–H groups in total. The van der Waals surface area contributed by atoms with E-state index < -0.39 is 15.4 Å². The first-order chi connectivity index (χ1) is 7.38. The van der Waals surface area contributed by atoms with Crippen LogP contribution in [0.2, 0.25) is 0 Å². The summed E-state index contributed by atoms with van der Waals surface area (Å²) in [6.45, 7) is 3.48. The second-order valence-electron chi connectivity index (χ2n) is 4.38. The van der Waals surface area contributed by atoms with Gasteiger partial charge < -0.3 is 9.66 Å². The minimum Gasteiger partial charge on any atom is -0.748 e. The molecule has 0 bridgehead atoms. The van der Waals surface area contributed by atoms with E-state index in [9.17, 15) is 18.1 Å². The molecule has 17 heavy (non-hydrogen) atoms. The van der Waals surface area contributed by atoms with Gasteiger partial charge in [0.05, 0.1) is 16.2 Å². The van der Waals surface area contributed by atoms with Gasteiger partial charge in [0.1, 0.15) is 0 Å². The first-order valence-corrected chi connectivity index (χ1v) is 7.47. The van der Waals surface area contributed by atoms with Crippen LogP contribution >= 0.6 is 0 Å². The second-order valence-corrected chi connectivity index (χ2v) is 6.17. The van der Waals surface area contributed by atoms with Gasteiger partial charge in [0, 0.05) is 5.25 Å². The molecule has 0 radical (unpaired) electrons. The van der Waals surface area contributed by atoms with Crippen LogP contribution in [0.4, 0.5) is 0 Å². The Morgan fingerprint density at radius 1 is 1.12 bits per heavy atom. The fraction of sp³-hybridized carbons (Fsp3) is 1.00. The Morgan fingerprint density at radius 3 is 2.12 bits per heavy atom. The molecule has 98 valence electrons. The molecule has 0 aromatic carbocycles. The molecular formula is C11H23KO4S. The van der Waals surface area contributed by atoms with Gasteiger partial charge in [-0.05, 0) is 26.2 Å². The predicted molar refractivity (Wildman–Crippen MR) is 63.2 cm³/mol. The van der Waals surface area contributed by atoms with Crippen molar-refractivity contribution < 1.29 is 69.5 Å². The van der Waals surface area contributed by atoms with E-state index in [4.69, 9.17) is 0 Å². The molecule has 0 aliphatic heterocycles. The Morgan fingerprint density at radius 2 is 1.65 bits per heavy atom. The van der Waals surface area contributed by atoms with Crippen molar-refractivity contribution in [3.63, 3.8) is 0 Å². The monoisotopic (exact) mass is 290 g/mol. The third-order valence-electron chi connectivity index (χ3n) is 2.76. The number of rotatable bonds is 9. The Labute approximate surface area is 148 Å². The Balaban J connectivity index is 0. The molecule has 0 aromatic rings. The molecule has 0 spiro atoms. The first kappa shape index (κ1) is 20.8. The van der Waals surface area contributed by atoms with E-state index in [1.54, 1.807) is 0 Å². The molecule has 2 atom stereocenters. The number of aliphatic hydroxyl groups excluding tert-OH is 1. The molecule has 0 saturated heterocycles. The van der Waals surface area contributed by atoms with Crippen LogP contribution in [0.15, 0.2) is 0 Å². The largest absolute Gasteiger partial charge is 1.00 e. The maximum absolute atomic E-state index is 10.6. The number of hydrogen-bond donors (Lipinski definition) is 1. The number of aliphatic hydroxyl groups is 1. The molecule has 6 heteroatoms. The van der Waals surface area contributed by atoms with Gasteiger partial charge in [-0.2, -0.15) is 0 Å². The number of hydrogen-bond acceptors (Lipinski definition) is 4. The van der Waals surface area contributed by atoms with E-state index in [0.29, 0.717) is 6.42 Å². The fourth-order valence-electron chi connectivity index (χ4n) is 1.61. The smallest absolute Gasteiger partial charge is 0.748 e. The van der Waals surface area contributed by atoms with Gasteiger partial charge in [-0.15, -0.1) is 0 Å². The van der Waals surface area contributed by atoms with Crippen LogP contribution in [0.25, 0.3) is 0 Å². The maximum atomic E-state index is 10.6. The van der Waals surface area contributed by atoms with Gasteiger partial charge in [-0.25, -0.2) is 8.42 Å². The Hall–Kier alpha value is 1.51. The minimum absolute atomic E-state index is 0. The zero-order valence-corrected chi connectivity index (χ0v) is 15.1. The standard InChI is InChI=1S/C11H24O4S.K/c1-3-7-11(12)9-6-4-5-8-10(2)16(13,14)15;/h10-12H,3-9H2,1-2H3,(H,13,14,15);/q;+1/p-1. The van der Waals surface area contributed by atoms with E-state index in [1.165, 1.54) is 6.92 Å². The fourth-order valence-corrected chi connectivity index (χ4v) is 2.07. The summed E-state index contributed by atoms with van der Waals surface area (Å²) in [6, 6.07) is 0. The summed E-state index contributed by atoms with van der Waals surface area (Å²) in [5.41, 5.74) is 0. The van der Waals surface area contributed by atoms with Crippen molar-refractivity contribution in [2.24, 2.45) is 0 Å². The van der Waals surface area contributed by atoms with Crippen LogP contribution in [0.5, 0.6) is 0 Å². The van der Waals surface area contributed by atoms with Crippen molar-refractivity contribution in [1.29, 1.82) is 0 Å². The van der Waals surface area contributed by atoms with E-state index in [0.717, 1.165) is 38.5 Å². The van der Waals surface area contributed by atoms with Crippen molar-refractivity contribution >= 4 is 10.1 Å². The molecular weight excluding hydrogens is 267 g/mol. The van der Waals surface area contributed by atoms with Crippen molar-refractivity contribution in [2.75, 3.05) is 0 Å². The number of unbranched alkanes of at least 4 members (excludes halogenated alkanes) is 2. The molecule has 0 fully saturated rings. The van der Waals surface area contributed by atoms with E-state index in [-0.39, 0.29) is 57.5 Å². The van der Waals surface area contributed by atoms with Crippen LogP contribution < -0.4 is 51.4 Å². The van der Waals surface area contributed by atoms with Gasteiger partial charge in [0.2, 0.25) is 0 Å². The minimum atomic E-state index is -4.11. The first-order valence-electron chi connectivity index (χ1n) is 6.00. The summed E-state index contributed by atoms with van der Waals surface area (Å²) in [5, 5.41) is 8.66.